The van der Waals surface area contributed by atoms with Gasteiger partial charge in [-0.15, -0.1) is 12.6 Å². The molecular formula is C24H46N4S2. The molecule has 0 aliphatic carbocycles. The maximum Gasteiger partial charge on any atom is 0.112 e. The monoisotopic (exact) mass is 454 g/mol. The number of unbranched alkanes of at least 4 members (excludes halogenated alkanes) is 1. The first-order valence-electron chi connectivity index (χ1n) is 11.0. The van der Waals surface area contributed by atoms with E-state index in [1.165, 1.54) is 12.8 Å². The van der Waals surface area contributed by atoms with Crippen molar-refractivity contribution in [3.8, 4) is 0 Å². The zero-order chi connectivity index (χ0) is 23.9. The average Bonchev–Trinajstić information content (AvgIpc) is 2.74. The number of hydrazine groups is 1. The molecule has 6 heteroatoms. The SMILES string of the molecule is C=C(C)C(/C=C(\S)CC)=C(/C)N=CC.CCCC.CCCN=C(C)NNC(=S)CC. The molecule has 0 bridgehead atoms. The van der Waals surface area contributed by atoms with Crippen LogP contribution in [-0.2, 0) is 0 Å². The maximum atomic E-state index is 4.96. The van der Waals surface area contributed by atoms with Gasteiger partial charge in [-0.2, -0.15) is 0 Å². The van der Waals surface area contributed by atoms with Crippen LogP contribution in [0.25, 0.3) is 0 Å². The first-order valence-corrected chi connectivity index (χ1v) is 11.8. The van der Waals surface area contributed by atoms with Gasteiger partial charge in [0.15, 0.2) is 0 Å². The van der Waals surface area contributed by atoms with Gasteiger partial charge in [-0.05, 0) is 69.1 Å². The smallest absolute Gasteiger partial charge is 0.112 e. The van der Waals surface area contributed by atoms with Crippen molar-refractivity contribution in [1.29, 1.82) is 0 Å². The van der Waals surface area contributed by atoms with Crippen molar-refractivity contribution in [3.63, 3.8) is 0 Å². The molecule has 0 aromatic heterocycles. The third-order valence-electron chi connectivity index (χ3n) is 3.62. The molecule has 4 nitrogen and oxygen atoms in total. The molecule has 0 fully saturated rings. The molecule has 30 heavy (non-hydrogen) atoms. The Morgan fingerprint density at radius 1 is 0.967 bits per heavy atom. The lowest BCUT2D eigenvalue weighted by molar-refractivity contribution is 0.832. The number of hydrogen-bond acceptors (Lipinski definition) is 4. The van der Waals surface area contributed by atoms with E-state index in [0.29, 0.717) is 0 Å². The Balaban J connectivity index is -0.000000416. The summed E-state index contributed by atoms with van der Waals surface area (Å²) < 4.78 is 0. The van der Waals surface area contributed by atoms with E-state index in [9.17, 15) is 0 Å². The molecule has 0 saturated carbocycles. The van der Waals surface area contributed by atoms with E-state index in [1.54, 1.807) is 6.21 Å². The molecule has 0 aliphatic rings. The van der Waals surface area contributed by atoms with Gasteiger partial charge in [-0.1, -0.05) is 66.3 Å². The van der Waals surface area contributed by atoms with Gasteiger partial charge in [0.1, 0.15) is 5.84 Å². The molecule has 0 spiro atoms. The molecular weight excluding hydrogens is 408 g/mol. The number of thiocarbonyl (C=S) groups is 1. The van der Waals surface area contributed by atoms with Gasteiger partial charge in [-0.25, -0.2) is 0 Å². The van der Waals surface area contributed by atoms with Crippen molar-refractivity contribution in [2.75, 3.05) is 6.54 Å². The summed E-state index contributed by atoms with van der Waals surface area (Å²) >= 11 is 9.32. The van der Waals surface area contributed by atoms with Gasteiger partial charge in [0.25, 0.3) is 0 Å². The molecule has 0 heterocycles. The second-order valence-corrected chi connectivity index (χ2v) is 7.72. The molecule has 0 rings (SSSR count). The predicted octanol–water partition coefficient (Wildman–Crippen LogP) is 7.60. The van der Waals surface area contributed by atoms with Crippen LogP contribution in [0.2, 0.25) is 0 Å². The molecule has 0 radical (unpaired) electrons. The summed E-state index contributed by atoms with van der Waals surface area (Å²) in [6.45, 7) is 23.1. The Morgan fingerprint density at radius 2 is 1.53 bits per heavy atom. The second kappa shape index (κ2) is 23.9. The summed E-state index contributed by atoms with van der Waals surface area (Å²) in [5.41, 5.74) is 8.90. The highest BCUT2D eigenvalue weighted by atomic mass is 32.1. The van der Waals surface area contributed by atoms with E-state index in [-0.39, 0.29) is 0 Å². The lowest BCUT2D eigenvalue weighted by Gasteiger charge is -2.07. The molecule has 0 aromatic carbocycles. The van der Waals surface area contributed by atoms with Crippen LogP contribution in [0.4, 0.5) is 0 Å². The van der Waals surface area contributed by atoms with Crippen LogP contribution in [0.1, 0.15) is 94.4 Å². The molecule has 0 amide bonds. The predicted molar refractivity (Wildman–Crippen MR) is 147 cm³/mol. The van der Waals surface area contributed by atoms with Gasteiger partial charge < -0.3 is 0 Å². The number of nitrogens with zero attached hydrogens (tertiary/aromatic N) is 2. The van der Waals surface area contributed by atoms with Crippen molar-refractivity contribution < 1.29 is 0 Å². The number of thiol groups is 1. The zero-order valence-electron chi connectivity index (χ0n) is 20.9. The highest BCUT2D eigenvalue weighted by Gasteiger charge is 2.00. The summed E-state index contributed by atoms with van der Waals surface area (Å²) in [5, 5.41) is 0. The number of aliphatic imine (C=N–C) groups is 2. The summed E-state index contributed by atoms with van der Waals surface area (Å²) in [4.78, 5) is 10.3. The van der Waals surface area contributed by atoms with E-state index in [2.05, 4.69) is 67.7 Å². The highest BCUT2D eigenvalue weighted by Crippen LogP contribution is 2.19. The normalized spacial score (nSPS) is 12.2. The number of hydrogen-bond donors (Lipinski definition) is 3. The van der Waals surface area contributed by atoms with Crippen LogP contribution in [0, 0.1) is 0 Å². The van der Waals surface area contributed by atoms with Gasteiger partial charge >= 0.3 is 0 Å². The first kappa shape index (κ1) is 33.2. The minimum atomic E-state index is 0.807. The van der Waals surface area contributed by atoms with E-state index >= 15 is 0 Å². The number of rotatable bonds is 8. The highest BCUT2D eigenvalue weighted by molar-refractivity contribution is 7.84. The Labute approximate surface area is 197 Å². The molecule has 174 valence electrons. The van der Waals surface area contributed by atoms with Gasteiger partial charge in [0.05, 0.1) is 4.99 Å². The fourth-order valence-electron chi connectivity index (χ4n) is 1.64. The van der Waals surface area contributed by atoms with Gasteiger partial charge in [-0.3, -0.25) is 20.8 Å². The van der Waals surface area contributed by atoms with Crippen molar-refractivity contribution in [2.45, 2.75) is 94.4 Å². The van der Waals surface area contributed by atoms with Gasteiger partial charge in [0.2, 0.25) is 0 Å². The summed E-state index contributed by atoms with van der Waals surface area (Å²) in [7, 11) is 0. The Bertz CT molecular complexity index is 586. The van der Waals surface area contributed by atoms with Crippen LogP contribution < -0.4 is 10.9 Å². The van der Waals surface area contributed by atoms with E-state index in [4.69, 9.17) is 12.2 Å². The Hall–Kier alpha value is -1.40. The lowest BCUT2D eigenvalue weighted by atomic mass is 10.1. The Morgan fingerprint density at radius 3 is 1.90 bits per heavy atom. The number of nitrogens with one attached hydrogen (secondary N) is 2. The van der Waals surface area contributed by atoms with Gasteiger partial charge in [0, 0.05) is 18.5 Å². The third-order valence-corrected chi connectivity index (χ3v) is 4.46. The maximum absolute atomic E-state index is 4.96. The second-order valence-electron chi connectivity index (χ2n) is 6.65. The minimum absolute atomic E-state index is 0.807. The summed E-state index contributed by atoms with van der Waals surface area (Å²) in [5.74, 6) is 0.882. The topological polar surface area (TPSA) is 48.8 Å². The van der Waals surface area contributed by atoms with Crippen LogP contribution >= 0.6 is 24.8 Å². The summed E-state index contributed by atoms with van der Waals surface area (Å²) in [6.07, 6.45) is 9.31. The quantitative estimate of drug-likeness (QED) is 0.0883. The molecule has 0 saturated heterocycles. The van der Waals surface area contributed by atoms with Crippen molar-refractivity contribution >= 4 is 41.9 Å². The number of allylic oxidation sites excluding steroid dienone is 5. The average molecular weight is 455 g/mol. The molecule has 0 unspecified atom stereocenters. The molecule has 0 aliphatic heterocycles. The van der Waals surface area contributed by atoms with E-state index in [1.807, 2.05) is 40.7 Å². The summed E-state index contributed by atoms with van der Waals surface area (Å²) in [6, 6.07) is 0. The lowest BCUT2D eigenvalue weighted by Crippen LogP contribution is -2.39. The van der Waals surface area contributed by atoms with E-state index in [0.717, 1.165) is 58.4 Å². The van der Waals surface area contributed by atoms with Crippen molar-refractivity contribution in [3.05, 3.63) is 34.4 Å². The van der Waals surface area contributed by atoms with E-state index < -0.39 is 0 Å². The largest absolute Gasteiger partial charge is 0.293 e. The van der Waals surface area contributed by atoms with Crippen LogP contribution in [-0.4, -0.2) is 23.6 Å². The molecule has 0 aromatic rings. The fourth-order valence-corrected chi connectivity index (χ4v) is 1.82. The fraction of sp³-hybridized carbons (Fsp3) is 0.625. The van der Waals surface area contributed by atoms with Crippen LogP contribution in [0.3, 0.4) is 0 Å². The van der Waals surface area contributed by atoms with Crippen LogP contribution in [0.5, 0.6) is 0 Å². The minimum Gasteiger partial charge on any atom is -0.293 e. The first-order chi connectivity index (χ1) is 14.1. The molecule has 0 atom stereocenters. The number of amidine groups is 1. The third kappa shape index (κ3) is 22.9. The Kier molecular flexibility index (Phi) is 26.5. The van der Waals surface area contributed by atoms with Crippen LogP contribution in [0.15, 0.2) is 44.4 Å². The standard InChI is InChI=1S/C12H19NS.C8H17N3S.C4H10/c1-6-11(14)8-12(9(3)4)10(5)13-7-2;1-4-6-9-7(3)10-11-8(12)5-2;1-3-4-2/h7-8,14H,3,6H2,1-2,4-5H3;4-6H2,1-3H3,(H,9,10)(H,11,12);3-4H2,1-2H3/b11-8-,12-10-,13-7?;;. The van der Waals surface area contributed by atoms with Crippen molar-refractivity contribution in [2.24, 2.45) is 9.98 Å². The zero-order valence-corrected chi connectivity index (χ0v) is 22.6. The van der Waals surface area contributed by atoms with Crippen molar-refractivity contribution in [1.82, 2.24) is 10.9 Å². The molecule has 2 N–H and O–H groups in total.